The molecule has 1 unspecified atom stereocenters. The first kappa shape index (κ1) is 15.3. The van der Waals surface area contributed by atoms with Crippen molar-refractivity contribution >= 4 is 11.7 Å². The van der Waals surface area contributed by atoms with E-state index in [2.05, 4.69) is 12.2 Å². The summed E-state index contributed by atoms with van der Waals surface area (Å²) in [5.74, 6) is 0.523. The molecule has 0 aromatic heterocycles. The van der Waals surface area contributed by atoms with E-state index in [1.165, 1.54) is 0 Å². The Morgan fingerprint density at radius 3 is 2.68 bits per heavy atom. The lowest BCUT2D eigenvalue weighted by Crippen LogP contribution is -2.31. The second-order valence-electron chi connectivity index (χ2n) is 4.29. The van der Waals surface area contributed by atoms with Gasteiger partial charge in [0.2, 0.25) is 0 Å². The number of anilines is 1. The molecule has 19 heavy (non-hydrogen) atoms. The van der Waals surface area contributed by atoms with E-state index in [1.807, 2.05) is 31.2 Å². The van der Waals surface area contributed by atoms with Crippen LogP contribution in [0.5, 0.6) is 5.75 Å². The number of nitrogens with one attached hydrogen (secondary N) is 1. The maximum atomic E-state index is 11.9. The number of ether oxygens (including phenoxy) is 2. The van der Waals surface area contributed by atoms with Crippen LogP contribution in [0.2, 0.25) is 0 Å². The first-order valence-corrected chi connectivity index (χ1v) is 6.79. The van der Waals surface area contributed by atoms with Gasteiger partial charge in [-0.3, -0.25) is 0 Å². The van der Waals surface area contributed by atoms with Crippen LogP contribution in [0.1, 0.15) is 33.1 Å². The van der Waals surface area contributed by atoms with Crippen molar-refractivity contribution in [2.75, 3.05) is 19.0 Å². The van der Waals surface area contributed by atoms with Gasteiger partial charge in [-0.1, -0.05) is 31.9 Å². The van der Waals surface area contributed by atoms with Crippen LogP contribution in [0, 0.1) is 0 Å². The highest BCUT2D eigenvalue weighted by Crippen LogP contribution is 2.24. The Bertz CT molecular complexity index is 393. The van der Waals surface area contributed by atoms with Crippen LogP contribution in [0.25, 0.3) is 0 Å². The number of hydrogen-bond donors (Lipinski definition) is 1. The van der Waals surface area contributed by atoms with Crippen LogP contribution >= 0.6 is 0 Å². The molecule has 0 heterocycles. The number of benzene rings is 1. The van der Waals surface area contributed by atoms with Gasteiger partial charge in [0, 0.05) is 0 Å². The molecule has 0 saturated heterocycles. The fraction of sp³-hybridized carbons (Fsp3) is 0.533. The number of carbonyl (C=O) groups is 1. The second kappa shape index (κ2) is 8.40. The average molecular weight is 265 g/mol. The number of para-hydroxylation sites is 2. The standard InChI is InChI=1S/C15H23NO3/c1-4-6-9-13(15(17)19-5-2)16-12-10-7-8-11-14(12)18-3/h7-8,10-11,13,16H,4-6,9H2,1-3H3. The molecule has 0 saturated carbocycles. The Labute approximate surface area is 115 Å². The highest BCUT2D eigenvalue weighted by Gasteiger charge is 2.20. The van der Waals surface area contributed by atoms with E-state index < -0.39 is 0 Å². The number of hydrogen-bond acceptors (Lipinski definition) is 4. The summed E-state index contributed by atoms with van der Waals surface area (Å²) in [4.78, 5) is 11.9. The van der Waals surface area contributed by atoms with Gasteiger partial charge in [-0.25, -0.2) is 4.79 Å². The third kappa shape index (κ3) is 4.81. The third-order valence-electron chi connectivity index (χ3n) is 2.85. The summed E-state index contributed by atoms with van der Waals surface area (Å²) in [6, 6.07) is 7.25. The van der Waals surface area contributed by atoms with Gasteiger partial charge >= 0.3 is 5.97 Å². The molecule has 1 rings (SSSR count). The van der Waals surface area contributed by atoms with Crippen molar-refractivity contribution in [1.82, 2.24) is 0 Å². The van der Waals surface area contributed by atoms with Crippen LogP contribution < -0.4 is 10.1 Å². The predicted molar refractivity (Wildman–Crippen MR) is 76.6 cm³/mol. The highest BCUT2D eigenvalue weighted by atomic mass is 16.5. The molecule has 0 aliphatic rings. The van der Waals surface area contributed by atoms with Crippen molar-refractivity contribution in [3.05, 3.63) is 24.3 Å². The van der Waals surface area contributed by atoms with E-state index in [-0.39, 0.29) is 12.0 Å². The molecule has 0 amide bonds. The molecule has 0 aliphatic heterocycles. The zero-order valence-electron chi connectivity index (χ0n) is 11.9. The summed E-state index contributed by atoms with van der Waals surface area (Å²) >= 11 is 0. The van der Waals surface area contributed by atoms with Gasteiger partial charge in [-0.2, -0.15) is 0 Å². The summed E-state index contributed by atoms with van der Waals surface area (Å²) < 4.78 is 10.4. The van der Waals surface area contributed by atoms with Crippen molar-refractivity contribution in [3.8, 4) is 5.75 Å². The van der Waals surface area contributed by atoms with Gasteiger partial charge in [-0.05, 0) is 25.5 Å². The lowest BCUT2D eigenvalue weighted by atomic mass is 10.1. The van der Waals surface area contributed by atoms with Gasteiger partial charge in [-0.15, -0.1) is 0 Å². The van der Waals surface area contributed by atoms with Crippen LogP contribution in [0.3, 0.4) is 0 Å². The fourth-order valence-electron chi connectivity index (χ4n) is 1.85. The smallest absolute Gasteiger partial charge is 0.328 e. The minimum Gasteiger partial charge on any atom is -0.495 e. The quantitative estimate of drug-likeness (QED) is 0.733. The lowest BCUT2D eigenvalue weighted by molar-refractivity contribution is -0.144. The molecule has 0 aliphatic carbocycles. The SMILES string of the molecule is CCCCC(Nc1ccccc1OC)C(=O)OCC. The maximum absolute atomic E-state index is 11.9. The molecule has 0 bridgehead atoms. The number of rotatable bonds is 8. The van der Waals surface area contributed by atoms with Crippen LogP contribution in [0.4, 0.5) is 5.69 Å². The summed E-state index contributed by atoms with van der Waals surface area (Å²) in [7, 11) is 1.62. The van der Waals surface area contributed by atoms with Gasteiger partial charge in [0.05, 0.1) is 19.4 Å². The fourth-order valence-corrected chi connectivity index (χ4v) is 1.85. The number of unbranched alkanes of at least 4 members (excludes halogenated alkanes) is 1. The molecule has 4 nitrogen and oxygen atoms in total. The summed E-state index contributed by atoms with van der Waals surface area (Å²) in [6.45, 7) is 4.32. The molecule has 1 aromatic carbocycles. The predicted octanol–water partition coefficient (Wildman–Crippen LogP) is 3.23. The van der Waals surface area contributed by atoms with Crippen molar-refractivity contribution in [3.63, 3.8) is 0 Å². The van der Waals surface area contributed by atoms with E-state index in [9.17, 15) is 4.79 Å². The van der Waals surface area contributed by atoms with Crippen LogP contribution in [-0.2, 0) is 9.53 Å². The Balaban J connectivity index is 2.77. The summed E-state index contributed by atoms with van der Waals surface area (Å²) in [6.07, 6.45) is 2.78. The second-order valence-corrected chi connectivity index (χ2v) is 4.29. The monoisotopic (exact) mass is 265 g/mol. The summed E-state index contributed by atoms with van der Waals surface area (Å²) in [5.41, 5.74) is 0.819. The van der Waals surface area contributed by atoms with E-state index in [1.54, 1.807) is 7.11 Å². The first-order chi connectivity index (χ1) is 9.22. The van der Waals surface area contributed by atoms with E-state index >= 15 is 0 Å². The van der Waals surface area contributed by atoms with E-state index in [0.717, 1.165) is 30.7 Å². The van der Waals surface area contributed by atoms with E-state index in [0.29, 0.717) is 6.61 Å². The van der Waals surface area contributed by atoms with Gasteiger partial charge in [0.15, 0.2) is 0 Å². The third-order valence-corrected chi connectivity index (χ3v) is 2.85. The lowest BCUT2D eigenvalue weighted by Gasteiger charge is -2.19. The van der Waals surface area contributed by atoms with Gasteiger partial charge in [0.25, 0.3) is 0 Å². The van der Waals surface area contributed by atoms with Crippen molar-refractivity contribution < 1.29 is 14.3 Å². The Kier molecular flexibility index (Phi) is 6.79. The molecule has 1 atom stereocenters. The Hall–Kier alpha value is -1.71. The molecule has 0 spiro atoms. The van der Waals surface area contributed by atoms with Crippen molar-refractivity contribution in [1.29, 1.82) is 0 Å². The molecule has 0 radical (unpaired) electrons. The Morgan fingerprint density at radius 1 is 1.32 bits per heavy atom. The average Bonchev–Trinajstić information content (AvgIpc) is 2.44. The molecule has 1 aromatic rings. The van der Waals surface area contributed by atoms with Crippen molar-refractivity contribution in [2.24, 2.45) is 0 Å². The molecule has 4 heteroatoms. The minimum absolute atomic E-state index is 0.207. The van der Waals surface area contributed by atoms with E-state index in [4.69, 9.17) is 9.47 Å². The number of esters is 1. The maximum Gasteiger partial charge on any atom is 0.328 e. The Morgan fingerprint density at radius 2 is 2.05 bits per heavy atom. The van der Waals surface area contributed by atoms with Gasteiger partial charge in [0.1, 0.15) is 11.8 Å². The first-order valence-electron chi connectivity index (χ1n) is 6.79. The molecular weight excluding hydrogens is 242 g/mol. The molecule has 106 valence electrons. The number of carbonyl (C=O) groups excluding carboxylic acids is 1. The topological polar surface area (TPSA) is 47.6 Å². The van der Waals surface area contributed by atoms with Gasteiger partial charge < -0.3 is 14.8 Å². The minimum atomic E-state index is -0.323. The van der Waals surface area contributed by atoms with Crippen molar-refractivity contribution in [2.45, 2.75) is 39.2 Å². The normalized spacial score (nSPS) is 11.7. The highest BCUT2D eigenvalue weighted by molar-refractivity contribution is 5.80. The van der Waals surface area contributed by atoms with Crippen LogP contribution in [-0.4, -0.2) is 25.7 Å². The summed E-state index contributed by atoms with van der Waals surface area (Å²) in [5, 5.41) is 3.22. The zero-order valence-corrected chi connectivity index (χ0v) is 11.9. The molecule has 0 fully saturated rings. The number of methoxy groups -OCH3 is 1. The zero-order chi connectivity index (χ0) is 14.1. The van der Waals surface area contributed by atoms with Crippen LogP contribution in [0.15, 0.2) is 24.3 Å². The largest absolute Gasteiger partial charge is 0.495 e. The molecular formula is C15H23NO3. The molecule has 1 N–H and O–H groups in total.